The Morgan fingerprint density at radius 2 is 1.87 bits per heavy atom. The van der Waals surface area contributed by atoms with Crippen LogP contribution in [-0.2, 0) is 20.7 Å². The summed E-state index contributed by atoms with van der Waals surface area (Å²) in [4.78, 5) is 23.4. The van der Waals surface area contributed by atoms with Crippen molar-refractivity contribution in [2.75, 3.05) is 7.11 Å². The highest BCUT2D eigenvalue weighted by molar-refractivity contribution is 5.90. The van der Waals surface area contributed by atoms with Gasteiger partial charge in [0.25, 0.3) is 0 Å². The van der Waals surface area contributed by atoms with Crippen molar-refractivity contribution in [3.8, 4) is 0 Å². The number of carbonyl (C=O) groups is 2. The highest BCUT2D eigenvalue weighted by Gasteiger charge is 2.43. The van der Waals surface area contributed by atoms with Gasteiger partial charge in [-0.3, -0.25) is 4.79 Å². The van der Waals surface area contributed by atoms with Crippen molar-refractivity contribution in [2.45, 2.75) is 31.5 Å². The SMILES string of the molecule is CO[C@@](Cc1cc(F)cc(F)c1F)(NC(=O)C(C)(C)N)C(=O)O. The van der Waals surface area contributed by atoms with Crippen molar-refractivity contribution in [2.24, 2.45) is 5.73 Å². The van der Waals surface area contributed by atoms with Gasteiger partial charge < -0.3 is 20.9 Å². The summed E-state index contributed by atoms with van der Waals surface area (Å²) in [6, 6.07) is 0.935. The molecule has 0 aliphatic heterocycles. The molecule has 4 N–H and O–H groups in total. The average Bonchev–Trinajstić information content (AvgIpc) is 2.41. The van der Waals surface area contributed by atoms with Gasteiger partial charge in [-0.05, 0) is 25.5 Å². The zero-order valence-electron chi connectivity index (χ0n) is 12.7. The number of ether oxygens (including phenoxy) is 1. The predicted octanol–water partition coefficient (Wildman–Crippen LogP) is 0.927. The van der Waals surface area contributed by atoms with Crippen LogP contribution in [0, 0.1) is 17.5 Å². The number of carboxylic acid groups (broad SMARTS) is 1. The van der Waals surface area contributed by atoms with E-state index in [0.29, 0.717) is 12.1 Å². The van der Waals surface area contributed by atoms with Crippen LogP contribution in [0.4, 0.5) is 13.2 Å². The van der Waals surface area contributed by atoms with Gasteiger partial charge in [-0.25, -0.2) is 18.0 Å². The van der Waals surface area contributed by atoms with Crippen molar-refractivity contribution in [1.82, 2.24) is 5.32 Å². The van der Waals surface area contributed by atoms with E-state index in [-0.39, 0.29) is 0 Å². The van der Waals surface area contributed by atoms with Gasteiger partial charge in [0.15, 0.2) is 11.6 Å². The van der Waals surface area contributed by atoms with Crippen LogP contribution < -0.4 is 11.1 Å². The highest BCUT2D eigenvalue weighted by Crippen LogP contribution is 2.22. The molecular weight excluding hydrogens is 317 g/mol. The Labute approximate surface area is 130 Å². The highest BCUT2D eigenvalue weighted by atomic mass is 19.2. The Bertz CT molecular complexity index is 631. The van der Waals surface area contributed by atoms with Gasteiger partial charge in [-0.1, -0.05) is 0 Å². The summed E-state index contributed by atoms with van der Waals surface area (Å²) < 4.78 is 45.1. The number of carboxylic acids is 1. The van der Waals surface area contributed by atoms with Gasteiger partial charge in [-0.15, -0.1) is 0 Å². The van der Waals surface area contributed by atoms with Crippen molar-refractivity contribution in [3.05, 3.63) is 35.1 Å². The number of methoxy groups -OCH3 is 1. The number of benzene rings is 1. The van der Waals surface area contributed by atoms with Gasteiger partial charge in [0.2, 0.25) is 11.6 Å². The number of rotatable bonds is 6. The molecule has 1 aromatic rings. The van der Waals surface area contributed by atoms with Crippen LogP contribution in [-0.4, -0.2) is 35.4 Å². The van der Waals surface area contributed by atoms with Gasteiger partial charge in [0.05, 0.1) is 5.54 Å². The molecule has 1 atom stereocenters. The fourth-order valence-electron chi connectivity index (χ4n) is 1.73. The van der Waals surface area contributed by atoms with Crippen molar-refractivity contribution in [3.63, 3.8) is 0 Å². The Morgan fingerprint density at radius 1 is 1.30 bits per heavy atom. The van der Waals surface area contributed by atoms with Crippen LogP contribution in [0.15, 0.2) is 12.1 Å². The smallest absolute Gasteiger partial charge is 0.357 e. The summed E-state index contributed by atoms with van der Waals surface area (Å²) in [6.45, 7) is 2.63. The Hall–Kier alpha value is -2.13. The third-order valence-electron chi connectivity index (χ3n) is 3.10. The first kappa shape index (κ1) is 18.9. The van der Waals surface area contributed by atoms with Crippen LogP contribution in [0.3, 0.4) is 0 Å². The summed E-state index contributed by atoms with van der Waals surface area (Å²) in [5.41, 5.74) is 1.06. The third-order valence-corrected chi connectivity index (χ3v) is 3.10. The number of carbonyl (C=O) groups excluding carboxylic acids is 1. The van der Waals surface area contributed by atoms with Crippen LogP contribution in [0.1, 0.15) is 19.4 Å². The van der Waals surface area contributed by atoms with E-state index in [4.69, 9.17) is 10.5 Å². The number of halogens is 3. The van der Waals surface area contributed by atoms with Crippen LogP contribution in [0.5, 0.6) is 0 Å². The molecule has 0 aliphatic rings. The molecule has 0 fully saturated rings. The average molecular weight is 334 g/mol. The predicted molar refractivity (Wildman–Crippen MR) is 73.8 cm³/mol. The first-order valence-corrected chi connectivity index (χ1v) is 6.46. The topological polar surface area (TPSA) is 102 Å². The first-order valence-electron chi connectivity index (χ1n) is 6.46. The molecular formula is C14H17F3N2O4. The fraction of sp³-hybridized carbons (Fsp3) is 0.429. The lowest BCUT2D eigenvalue weighted by molar-refractivity contribution is -0.170. The maximum absolute atomic E-state index is 13.8. The minimum atomic E-state index is -2.44. The Kier molecular flexibility index (Phi) is 5.39. The molecule has 0 spiro atoms. The molecule has 1 rings (SSSR count). The summed E-state index contributed by atoms with van der Waals surface area (Å²) in [7, 11) is 0.950. The fourth-order valence-corrected chi connectivity index (χ4v) is 1.73. The molecule has 0 heterocycles. The molecule has 0 bridgehead atoms. The molecule has 0 aliphatic carbocycles. The molecule has 0 saturated carbocycles. The summed E-state index contributed by atoms with van der Waals surface area (Å²) in [6.07, 6.45) is -0.846. The number of amides is 1. The van der Waals surface area contributed by atoms with Crippen molar-refractivity contribution < 1.29 is 32.6 Å². The molecule has 0 radical (unpaired) electrons. The van der Waals surface area contributed by atoms with Crippen molar-refractivity contribution in [1.29, 1.82) is 0 Å². The Balaban J connectivity index is 3.28. The quantitative estimate of drug-likeness (QED) is 0.531. The first-order chi connectivity index (χ1) is 10.4. The number of hydrogen-bond donors (Lipinski definition) is 3. The number of aliphatic carboxylic acids is 1. The second-order valence-electron chi connectivity index (χ2n) is 5.55. The Morgan fingerprint density at radius 3 is 2.30 bits per heavy atom. The maximum atomic E-state index is 13.8. The van der Waals surface area contributed by atoms with E-state index in [1.807, 2.05) is 5.32 Å². The summed E-state index contributed by atoms with van der Waals surface area (Å²) >= 11 is 0. The number of nitrogens with two attached hydrogens (primary N) is 1. The number of hydrogen-bond acceptors (Lipinski definition) is 4. The lowest BCUT2D eigenvalue weighted by Gasteiger charge is -2.32. The number of nitrogens with one attached hydrogen (secondary N) is 1. The van der Waals surface area contributed by atoms with E-state index in [0.717, 1.165) is 7.11 Å². The molecule has 6 nitrogen and oxygen atoms in total. The van der Waals surface area contributed by atoms with Crippen LogP contribution in [0.25, 0.3) is 0 Å². The molecule has 0 unspecified atom stereocenters. The van der Waals surface area contributed by atoms with Crippen LogP contribution >= 0.6 is 0 Å². The van der Waals surface area contributed by atoms with Gasteiger partial charge in [0.1, 0.15) is 5.82 Å². The van der Waals surface area contributed by atoms with E-state index in [1.54, 1.807) is 0 Å². The molecule has 0 aromatic heterocycles. The molecule has 1 aromatic carbocycles. The molecule has 0 saturated heterocycles. The monoisotopic (exact) mass is 334 g/mol. The second-order valence-corrected chi connectivity index (χ2v) is 5.55. The zero-order valence-corrected chi connectivity index (χ0v) is 12.7. The van der Waals surface area contributed by atoms with E-state index in [9.17, 15) is 27.9 Å². The van der Waals surface area contributed by atoms with E-state index >= 15 is 0 Å². The molecule has 1 amide bonds. The minimum Gasteiger partial charge on any atom is -0.478 e. The minimum absolute atomic E-state index is 0.315. The standard InChI is InChI=1S/C14H17F3N2O4/c1-13(2,18)11(20)19-14(23-3,12(21)22)6-7-4-8(15)5-9(16)10(7)17/h4-5H,6,18H2,1-3H3,(H,19,20)(H,21,22)/t14-/m1/s1. The van der Waals surface area contributed by atoms with Gasteiger partial charge in [-0.2, -0.15) is 0 Å². The lowest BCUT2D eigenvalue weighted by atomic mass is 9.98. The van der Waals surface area contributed by atoms with Crippen LogP contribution in [0.2, 0.25) is 0 Å². The van der Waals surface area contributed by atoms with E-state index in [2.05, 4.69) is 0 Å². The van der Waals surface area contributed by atoms with Gasteiger partial charge >= 0.3 is 5.97 Å². The normalized spacial score (nSPS) is 14.2. The zero-order chi connectivity index (χ0) is 18.0. The van der Waals surface area contributed by atoms with Crippen molar-refractivity contribution >= 4 is 11.9 Å². The lowest BCUT2D eigenvalue weighted by Crippen LogP contribution is -2.63. The molecule has 23 heavy (non-hydrogen) atoms. The summed E-state index contributed by atoms with van der Waals surface area (Å²) in [5, 5.41) is 11.4. The third kappa shape index (κ3) is 4.20. The second kappa shape index (κ2) is 6.55. The van der Waals surface area contributed by atoms with E-state index < -0.39 is 52.6 Å². The largest absolute Gasteiger partial charge is 0.478 e. The molecule has 9 heteroatoms. The molecule has 128 valence electrons. The van der Waals surface area contributed by atoms with Gasteiger partial charge in [0, 0.05) is 19.6 Å². The summed E-state index contributed by atoms with van der Waals surface area (Å²) in [5.74, 6) is -6.60. The maximum Gasteiger partial charge on any atom is 0.357 e. The van der Waals surface area contributed by atoms with E-state index in [1.165, 1.54) is 13.8 Å².